The smallest absolute Gasteiger partial charge is 0.333 e. The number of aromatic nitrogens is 4. The zero-order chi connectivity index (χ0) is 17.4. The van der Waals surface area contributed by atoms with Crippen LogP contribution in [0.2, 0.25) is 0 Å². The van der Waals surface area contributed by atoms with Crippen LogP contribution in [-0.2, 0) is 14.1 Å². The lowest BCUT2D eigenvalue weighted by molar-refractivity contribution is 0.102. The fraction of sp³-hybridized carbons (Fsp3) is 0.133. The van der Waals surface area contributed by atoms with Gasteiger partial charge in [-0.1, -0.05) is 12.1 Å². The van der Waals surface area contributed by atoms with Crippen molar-refractivity contribution in [3.8, 4) is 17.1 Å². The first-order valence-corrected chi connectivity index (χ1v) is 7.02. The molecule has 4 N–H and O–H groups in total. The zero-order valence-corrected chi connectivity index (χ0v) is 13.0. The molecule has 124 valence electrons. The van der Waals surface area contributed by atoms with E-state index in [2.05, 4.69) is 15.5 Å². The molecule has 24 heavy (non-hydrogen) atoms. The maximum atomic E-state index is 12.3. The van der Waals surface area contributed by atoms with Gasteiger partial charge in [0, 0.05) is 31.5 Å². The Hall–Kier alpha value is -3.49. The van der Waals surface area contributed by atoms with E-state index in [-0.39, 0.29) is 0 Å². The third kappa shape index (κ3) is 2.41. The van der Waals surface area contributed by atoms with Gasteiger partial charge in [0.25, 0.3) is 11.5 Å². The minimum atomic E-state index is -0.861. The molecule has 0 fully saturated rings. The van der Waals surface area contributed by atoms with Crippen molar-refractivity contribution in [2.45, 2.75) is 0 Å². The molecule has 9 heteroatoms. The molecule has 1 amide bonds. The van der Waals surface area contributed by atoms with Crippen LogP contribution in [-0.4, -0.2) is 30.3 Å². The van der Waals surface area contributed by atoms with E-state index in [9.17, 15) is 19.5 Å². The molecule has 3 aromatic rings. The molecule has 0 aliphatic heterocycles. The maximum absolute atomic E-state index is 12.3. The van der Waals surface area contributed by atoms with Crippen LogP contribution in [0.4, 0.5) is 5.69 Å². The van der Waals surface area contributed by atoms with Gasteiger partial charge in [0.05, 0.1) is 5.69 Å². The molecule has 0 aliphatic carbocycles. The van der Waals surface area contributed by atoms with Crippen LogP contribution in [0, 0.1) is 0 Å². The van der Waals surface area contributed by atoms with Gasteiger partial charge in [-0.2, -0.15) is 0 Å². The average molecular weight is 329 g/mol. The molecule has 0 radical (unpaired) electrons. The minimum Gasteiger partial charge on any atom is -0.494 e. The Morgan fingerprint density at radius 1 is 1.12 bits per heavy atom. The zero-order valence-electron chi connectivity index (χ0n) is 13.0. The molecule has 0 aliphatic rings. The van der Waals surface area contributed by atoms with E-state index in [1.165, 1.54) is 14.1 Å². The summed E-state index contributed by atoms with van der Waals surface area (Å²) in [6.45, 7) is 0. The van der Waals surface area contributed by atoms with Crippen molar-refractivity contribution < 1.29 is 9.90 Å². The third-order valence-electron chi connectivity index (χ3n) is 3.74. The van der Waals surface area contributed by atoms with E-state index in [0.29, 0.717) is 5.69 Å². The molecule has 2 aromatic heterocycles. The summed E-state index contributed by atoms with van der Waals surface area (Å²) >= 11 is 0. The Bertz CT molecular complexity index is 1010. The number of aromatic amines is 2. The molecule has 0 saturated carbocycles. The predicted octanol–water partition coefficient (Wildman–Crippen LogP) is 0.365. The summed E-state index contributed by atoms with van der Waals surface area (Å²) < 4.78 is 1.60. The molecule has 0 unspecified atom stereocenters. The van der Waals surface area contributed by atoms with Crippen LogP contribution < -0.4 is 16.6 Å². The average Bonchev–Trinajstić information content (AvgIpc) is 2.51. The number of H-pyrrole nitrogens is 2. The Morgan fingerprint density at radius 3 is 2.29 bits per heavy atom. The molecule has 2 heterocycles. The summed E-state index contributed by atoms with van der Waals surface area (Å²) in [6, 6.07) is 6.90. The molecule has 3 rings (SSSR count). The van der Waals surface area contributed by atoms with E-state index in [1.54, 1.807) is 30.5 Å². The Labute approximate surface area is 135 Å². The lowest BCUT2D eigenvalue weighted by Gasteiger charge is -2.11. The number of benzene rings is 1. The SMILES string of the molecule is Cn1c(O)c(C(=O)Nc2ccc(-c3c[nH][nH]3)cc2)c(=O)n(C)c1=O. The van der Waals surface area contributed by atoms with Crippen LogP contribution in [0.3, 0.4) is 0 Å². The van der Waals surface area contributed by atoms with E-state index in [0.717, 1.165) is 20.4 Å². The number of aromatic hydroxyl groups is 1. The number of hydrogen-bond acceptors (Lipinski definition) is 4. The van der Waals surface area contributed by atoms with Gasteiger partial charge < -0.3 is 15.5 Å². The molecular formula is C15H15N5O4. The number of carbonyl (C=O) groups excluding carboxylic acids is 1. The van der Waals surface area contributed by atoms with Crippen molar-refractivity contribution >= 4 is 11.6 Å². The van der Waals surface area contributed by atoms with Gasteiger partial charge in [-0.3, -0.25) is 23.8 Å². The largest absolute Gasteiger partial charge is 0.494 e. The Morgan fingerprint density at radius 2 is 1.75 bits per heavy atom. The molecule has 1 aromatic carbocycles. The van der Waals surface area contributed by atoms with Gasteiger partial charge in [-0.25, -0.2) is 4.79 Å². The number of nitrogens with one attached hydrogen (secondary N) is 3. The van der Waals surface area contributed by atoms with Gasteiger partial charge in [-0.05, 0) is 12.1 Å². The van der Waals surface area contributed by atoms with Crippen LogP contribution in [0.5, 0.6) is 5.88 Å². The first-order valence-electron chi connectivity index (χ1n) is 7.02. The monoisotopic (exact) mass is 329 g/mol. The van der Waals surface area contributed by atoms with Crippen LogP contribution >= 0.6 is 0 Å². The minimum absolute atomic E-state index is 0.451. The van der Waals surface area contributed by atoms with Gasteiger partial charge >= 0.3 is 5.69 Å². The number of nitrogens with zero attached hydrogens (tertiary/aromatic N) is 2. The highest BCUT2D eigenvalue weighted by Gasteiger charge is 2.21. The Kier molecular flexibility index (Phi) is 3.60. The third-order valence-corrected chi connectivity index (χ3v) is 3.74. The molecular weight excluding hydrogens is 314 g/mol. The normalized spacial score (nSPS) is 10.8. The molecule has 0 saturated heterocycles. The van der Waals surface area contributed by atoms with E-state index >= 15 is 0 Å². The molecule has 0 spiro atoms. The lowest BCUT2D eigenvalue weighted by atomic mass is 10.1. The van der Waals surface area contributed by atoms with Crippen molar-refractivity contribution in [3.05, 3.63) is 56.9 Å². The van der Waals surface area contributed by atoms with Gasteiger partial charge in [-0.15, -0.1) is 0 Å². The van der Waals surface area contributed by atoms with Crippen molar-refractivity contribution in [1.82, 2.24) is 19.3 Å². The van der Waals surface area contributed by atoms with Crippen molar-refractivity contribution in [2.75, 3.05) is 5.32 Å². The van der Waals surface area contributed by atoms with E-state index < -0.39 is 28.6 Å². The summed E-state index contributed by atoms with van der Waals surface area (Å²) in [5.41, 5.74) is 0.223. The quantitative estimate of drug-likeness (QED) is 0.554. The van der Waals surface area contributed by atoms with Gasteiger partial charge in [0.1, 0.15) is 0 Å². The first-order chi connectivity index (χ1) is 11.4. The van der Waals surface area contributed by atoms with Crippen LogP contribution in [0.1, 0.15) is 10.4 Å². The topological polar surface area (TPSA) is 125 Å². The van der Waals surface area contributed by atoms with E-state index in [4.69, 9.17) is 0 Å². The van der Waals surface area contributed by atoms with Crippen LogP contribution in [0.25, 0.3) is 11.3 Å². The Balaban J connectivity index is 1.91. The summed E-state index contributed by atoms with van der Waals surface area (Å²) in [6.07, 6.45) is 1.79. The fourth-order valence-corrected chi connectivity index (χ4v) is 2.26. The molecule has 0 atom stereocenters. The number of rotatable bonds is 3. The van der Waals surface area contributed by atoms with Crippen LogP contribution in [0.15, 0.2) is 40.1 Å². The second kappa shape index (κ2) is 5.61. The summed E-state index contributed by atoms with van der Waals surface area (Å²) in [7, 11) is 2.51. The summed E-state index contributed by atoms with van der Waals surface area (Å²) in [4.78, 5) is 36.1. The standard InChI is InChI=1S/C15H15N5O4/c1-19-13(22)11(14(23)20(2)15(19)24)12(21)17-9-5-3-8(4-6-9)10-7-16-18-10/h3-7,16,18,22H,1-2H3,(H,17,21). The highest BCUT2D eigenvalue weighted by atomic mass is 16.3. The maximum Gasteiger partial charge on any atom is 0.333 e. The highest BCUT2D eigenvalue weighted by Crippen LogP contribution is 2.20. The molecule has 9 nitrogen and oxygen atoms in total. The summed E-state index contributed by atoms with van der Waals surface area (Å²) in [5.74, 6) is -1.47. The highest BCUT2D eigenvalue weighted by molar-refractivity contribution is 6.05. The number of hydrogen-bond donors (Lipinski definition) is 4. The lowest BCUT2D eigenvalue weighted by Crippen LogP contribution is -2.40. The fourth-order valence-electron chi connectivity index (χ4n) is 2.26. The van der Waals surface area contributed by atoms with Gasteiger partial charge in [0.15, 0.2) is 5.56 Å². The van der Waals surface area contributed by atoms with Crippen molar-refractivity contribution in [3.63, 3.8) is 0 Å². The number of anilines is 1. The van der Waals surface area contributed by atoms with Crippen molar-refractivity contribution in [1.29, 1.82) is 0 Å². The second-order valence-electron chi connectivity index (χ2n) is 5.26. The van der Waals surface area contributed by atoms with Crippen molar-refractivity contribution in [2.24, 2.45) is 14.1 Å². The number of amides is 1. The number of carbonyl (C=O) groups is 1. The summed E-state index contributed by atoms with van der Waals surface area (Å²) in [5, 5.41) is 18.2. The van der Waals surface area contributed by atoms with Gasteiger partial charge in [0.2, 0.25) is 5.88 Å². The first kappa shape index (κ1) is 15.4. The van der Waals surface area contributed by atoms with E-state index in [1.807, 2.05) is 0 Å². The predicted molar refractivity (Wildman–Crippen MR) is 87.1 cm³/mol. The second-order valence-corrected chi connectivity index (χ2v) is 5.26. The molecule has 0 bridgehead atoms.